The topological polar surface area (TPSA) is 102 Å². The molecule has 0 radical (unpaired) electrons. The van der Waals surface area contributed by atoms with Crippen LogP contribution in [0, 0.1) is 22.7 Å². The SMILES string of the molecule is CC(C)(CN=C(NC#N)Nc1cccnc1)CNC(=O)c1ccc(F)cc1. The maximum absolute atomic E-state index is 12.9. The molecule has 2 rings (SSSR count). The van der Waals surface area contributed by atoms with Crippen LogP contribution < -0.4 is 16.0 Å². The van der Waals surface area contributed by atoms with Gasteiger partial charge in [0, 0.05) is 30.3 Å². The van der Waals surface area contributed by atoms with Gasteiger partial charge in [-0.05, 0) is 36.4 Å². The quantitative estimate of drug-likeness (QED) is 0.315. The first-order chi connectivity index (χ1) is 12.9. The van der Waals surface area contributed by atoms with Crippen LogP contribution in [0.4, 0.5) is 10.1 Å². The average molecular weight is 368 g/mol. The number of halogens is 1. The molecule has 1 amide bonds. The molecule has 0 fully saturated rings. The number of carbonyl (C=O) groups excluding carboxylic acids is 1. The van der Waals surface area contributed by atoms with E-state index in [0.717, 1.165) is 0 Å². The van der Waals surface area contributed by atoms with E-state index in [-0.39, 0.29) is 17.1 Å². The summed E-state index contributed by atoms with van der Waals surface area (Å²) in [6.07, 6.45) is 5.10. The number of benzene rings is 1. The second kappa shape index (κ2) is 9.29. The summed E-state index contributed by atoms with van der Waals surface area (Å²) in [5.41, 5.74) is 0.719. The molecular formula is C19H21FN6O. The Morgan fingerprint density at radius 3 is 2.67 bits per heavy atom. The highest BCUT2D eigenvalue weighted by Gasteiger charge is 2.19. The van der Waals surface area contributed by atoms with Gasteiger partial charge < -0.3 is 10.6 Å². The summed E-state index contributed by atoms with van der Waals surface area (Å²) in [5.74, 6) is -0.376. The van der Waals surface area contributed by atoms with Crippen molar-refractivity contribution in [3.63, 3.8) is 0 Å². The number of hydrogen-bond acceptors (Lipinski definition) is 4. The van der Waals surface area contributed by atoms with E-state index in [1.165, 1.54) is 24.3 Å². The van der Waals surface area contributed by atoms with E-state index in [1.807, 2.05) is 20.0 Å². The molecule has 0 aliphatic rings. The minimum Gasteiger partial charge on any atom is -0.351 e. The third-order valence-corrected chi connectivity index (χ3v) is 3.60. The Morgan fingerprint density at radius 1 is 1.30 bits per heavy atom. The lowest BCUT2D eigenvalue weighted by Gasteiger charge is -2.23. The fourth-order valence-corrected chi connectivity index (χ4v) is 2.11. The Balaban J connectivity index is 1.94. The highest BCUT2D eigenvalue weighted by atomic mass is 19.1. The number of aromatic nitrogens is 1. The lowest BCUT2D eigenvalue weighted by atomic mass is 9.93. The normalized spacial score (nSPS) is 11.4. The van der Waals surface area contributed by atoms with Gasteiger partial charge in [-0.3, -0.25) is 20.1 Å². The lowest BCUT2D eigenvalue weighted by molar-refractivity contribution is 0.0938. The van der Waals surface area contributed by atoms with Crippen molar-refractivity contribution in [2.75, 3.05) is 18.4 Å². The molecular weight excluding hydrogens is 347 g/mol. The minimum atomic E-state index is -0.389. The molecule has 1 aromatic heterocycles. The van der Waals surface area contributed by atoms with Gasteiger partial charge in [0.2, 0.25) is 5.96 Å². The smallest absolute Gasteiger partial charge is 0.251 e. The van der Waals surface area contributed by atoms with E-state index in [4.69, 9.17) is 5.26 Å². The molecule has 27 heavy (non-hydrogen) atoms. The number of guanidine groups is 1. The highest BCUT2D eigenvalue weighted by Crippen LogP contribution is 2.15. The molecule has 8 heteroatoms. The van der Waals surface area contributed by atoms with Gasteiger partial charge in [0.1, 0.15) is 5.82 Å². The van der Waals surface area contributed by atoms with Gasteiger partial charge in [-0.15, -0.1) is 0 Å². The van der Waals surface area contributed by atoms with Crippen molar-refractivity contribution in [1.29, 1.82) is 5.26 Å². The zero-order chi connectivity index (χ0) is 19.7. The number of anilines is 1. The zero-order valence-electron chi connectivity index (χ0n) is 15.2. The van der Waals surface area contributed by atoms with Gasteiger partial charge in [-0.25, -0.2) is 4.39 Å². The third kappa shape index (κ3) is 6.74. The molecule has 140 valence electrons. The maximum Gasteiger partial charge on any atom is 0.251 e. The van der Waals surface area contributed by atoms with E-state index in [0.29, 0.717) is 30.3 Å². The number of amides is 1. The van der Waals surface area contributed by atoms with Crippen molar-refractivity contribution in [3.05, 3.63) is 60.2 Å². The van der Waals surface area contributed by atoms with Crippen LogP contribution in [0.25, 0.3) is 0 Å². The number of hydrogen-bond donors (Lipinski definition) is 3. The maximum atomic E-state index is 12.9. The van der Waals surface area contributed by atoms with Crippen molar-refractivity contribution in [1.82, 2.24) is 15.6 Å². The standard InChI is InChI=1S/C19H21FN6O/c1-19(2,11-23-17(27)14-5-7-15(20)8-6-14)12-24-18(25-13-21)26-16-4-3-9-22-10-16/h3-10H,11-12H2,1-2H3,(H,23,27)(H2,24,25,26). The number of nitriles is 1. The zero-order valence-corrected chi connectivity index (χ0v) is 15.2. The molecule has 0 saturated heterocycles. The van der Waals surface area contributed by atoms with E-state index in [1.54, 1.807) is 24.5 Å². The molecule has 0 aliphatic carbocycles. The van der Waals surface area contributed by atoms with Crippen LogP contribution in [0.2, 0.25) is 0 Å². The van der Waals surface area contributed by atoms with Gasteiger partial charge >= 0.3 is 0 Å². The van der Waals surface area contributed by atoms with Gasteiger partial charge in [0.15, 0.2) is 6.19 Å². The monoisotopic (exact) mass is 368 g/mol. The first-order valence-electron chi connectivity index (χ1n) is 8.30. The summed E-state index contributed by atoms with van der Waals surface area (Å²) in [4.78, 5) is 20.5. The summed E-state index contributed by atoms with van der Waals surface area (Å²) in [5, 5.41) is 17.2. The van der Waals surface area contributed by atoms with Gasteiger partial charge in [-0.2, -0.15) is 5.26 Å². The second-order valence-electron chi connectivity index (χ2n) is 6.62. The predicted octanol–water partition coefficient (Wildman–Crippen LogP) is 2.52. The largest absolute Gasteiger partial charge is 0.351 e. The summed E-state index contributed by atoms with van der Waals surface area (Å²) in [6.45, 7) is 4.60. The molecule has 0 atom stereocenters. The molecule has 0 aliphatic heterocycles. The van der Waals surface area contributed by atoms with Crippen LogP contribution in [-0.4, -0.2) is 29.9 Å². The third-order valence-electron chi connectivity index (χ3n) is 3.60. The highest BCUT2D eigenvalue weighted by molar-refractivity contribution is 5.94. The summed E-state index contributed by atoms with van der Waals surface area (Å²) in [7, 11) is 0. The number of rotatable bonds is 6. The Bertz CT molecular complexity index is 828. The molecule has 0 spiro atoms. The summed E-state index contributed by atoms with van der Waals surface area (Å²) >= 11 is 0. The lowest BCUT2D eigenvalue weighted by Crippen LogP contribution is -2.37. The summed E-state index contributed by atoms with van der Waals surface area (Å²) < 4.78 is 12.9. The van der Waals surface area contributed by atoms with Gasteiger partial charge in [0.05, 0.1) is 11.9 Å². The number of pyridine rings is 1. The average Bonchev–Trinajstić information content (AvgIpc) is 2.66. The molecule has 0 bridgehead atoms. The van der Waals surface area contributed by atoms with Crippen LogP contribution in [0.15, 0.2) is 53.8 Å². The summed E-state index contributed by atoms with van der Waals surface area (Å²) in [6, 6.07) is 8.92. The fourth-order valence-electron chi connectivity index (χ4n) is 2.11. The van der Waals surface area contributed by atoms with Crippen LogP contribution >= 0.6 is 0 Å². The molecule has 1 aromatic carbocycles. The number of aliphatic imine (C=N–C) groups is 1. The predicted molar refractivity (Wildman–Crippen MR) is 101 cm³/mol. The number of carbonyl (C=O) groups is 1. The van der Waals surface area contributed by atoms with E-state index >= 15 is 0 Å². The van der Waals surface area contributed by atoms with Crippen LogP contribution in [0.1, 0.15) is 24.2 Å². The Labute approximate surface area is 157 Å². The van der Waals surface area contributed by atoms with E-state index in [9.17, 15) is 9.18 Å². The fraction of sp³-hybridized carbons (Fsp3) is 0.263. The van der Waals surface area contributed by atoms with Crippen molar-refractivity contribution < 1.29 is 9.18 Å². The van der Waals surface area contributed by atoms with E-state index in [2.05, 4.69) is 25.9 Å². The van der Waals surface area contributed by atoms with Crippen molar-refractivity contribution in [2.45, 2.75) is 13.8 Å². The van der Waals surface area contributed by atoms with Gasteiger partial charge in [0.25, 0.3) is 5.91 Å². The number of nitrogens with one attached hydrogen (secondary N) is 3. The minimum absolute atomic E-state index is 0.282. The second-order valence-corrected chi connectivity index (χ2v) is 6.62. The van der Waals surface area contributed by atoms with Crippen molar-refractivity contribution >= 4 is 17.6 Å². The van der Waals surface area contributed by atoms with Crippen molar-refractivity contribution in [2.24, 2.45) is 10.4 Å². The molecule has 2 aromatic rings. The number of nitrogens with zero attached hydrogens (tertiary/aromatic N) is 3. The first kappa shape index (κ1) is 19.8. The van der Waals surface area contributed by atoms with Crippen LogP contribution in [0.3, 0.4) is 0 Å². The van der Waals surface area contributed by atoms with Crippen LogP contribution in [0.5, 0.6) is 0 Å². The molecule has 1 heterocycles. The molecule has 0 unspecified atom stereocenters. The molecule has 7 nitrogen and oxygen atoms in total. The molecule has 3 N–H and O–H groups in total. The van der Waals surface area contributed by atoms with E-state index < -0.39 is 0 Å². The molecule has 0 saturated carbocycles. The Kier molecular flexibility index (Phi) is 6.83. The van der Waals surface area contributed by atoms with Crippen LogP contribution in [-0.2, 0) is 0 Å². The van der Waals surface area contributed by atoms with Gasteiger partial charge in [-0.1, -0.05) is 13.8 Å². The van der Waals surface area contributed by atoms with Crippen molar-refractivity contribution in [3.8, 4) is 6.19 Å². The Hall–Kier alpha value is -3.47. The Morgan fingerprint density at radius 2 is 2.04 bits per heavy atom. The first-order valence-corrected chi connectivity index (χ1v) is 8.30.